The molecule has 0 N–H and O–H groups in total. The minimum absolute atomic E-state index is 0.859. The van der Waals surface area contributed by atoms with E-state index >= 15 is 0 Å². The summed E-state index contributed by atoms with van der Waals surface area (Å²) in [5.74, 6) is 0. The first kappa shape index (κ1) is 15.6. The van der Waals surface area contributed by atoms with E-state index in [0.717, 1.165) is 33.3 Å². The highest BCUT2D eigenvalue weighted by Gasteiger charge is 2.12. The van der Waals surface area contributed by atoms with E-state index in [-0.39, 0.29) is 0 Å². The molecule has 0 spiro atoms. The zero-order valence-corrected chi connectivity index (χ0v) is 14.9. The first-order valence-corrected chi connectivity index (χ1v) is 8.92. The van der Waals surface area contributed by atoms with Crippen LogP contribution in [-0.2, 0) is 0 Å². The van der Waals surface area contributed by atoms with Crippen LogP contribution in [0.25, 0.3) is 27.3 Å². The van der Waals surface area contributed by atoms with Gasteiger partial charge in [0.1, 0.15) is 5.69 Å². The van der Waals surface area contributed by atoms with Crippen molar-refractivity contribution in [2.75, 3.05) is 12.1 Å². The number of fused-ring (bicyclic) bond motifs is 5. The van der Waals surface area contributed by atoms with Crippen LogP contribution < -0.4 is 5.01 Å². The van der Waals surface area contributed by atoms with Crippen LogP contribution in [-0.4, -0.2) is 22.6 Å². The summed E-state index contributed by atoms with van der Waals surface area (Å²) < 4.78 is 2.18. The van der Waals surface area contributed by atoms with Gasteiger partial charge in [0.05, 0.1) is 22.9 Å². The molecule has 0 saturated carbocycles. The third kappa shape index (κ3) is 2.62. The van der Waals surface area contributed by atoms with Crippen molar-refractivity contribution >= 4 is 39.2 Å². The lowest BCUT2D eigenvalue weighted by molar-refractivity contribution is 1.02. The Kier molecular flexibility index (Phi) is 3.61. The van der Waals surface area contributed by atoms with Crippen LogP contribution in [0, 0.1) is 0 Å². The van der Waals surface area contributed by atoms with Crippen LogP contribution in [0.15, 0.2) is 90.2 Å². The van der Waals surface area contributed by atoms with E-state index in [9.17, 15) is 0 Å². The maximum atomic E-state index is 4.89. The lowest BCUT2D eigenvalue weighted by Crippen LogP contribution is -2.09. The van der Waals surface area contributed by atoms with Gasteiger partial charge in [0.15, 0.2) is 0 Å². The minimum Gasteiger partial charge on any atom is -0.315 e. The number of hydrazone groups is 1. The Balaban J connectivity index is 1.74. The number of pyridine rings is 2. The van der Waals surface area contributed by atoms with Gasteiger partial charge < -0.3 is 4.40 Å². The molecule has 0 aliphatic rings. The Morgan fingerprint density at radius 3 is 2.56 bits per heavy atom. The average molecular weight is 350 g/mol. The molecular weight excluding hydrogens is 332 g/mol. The number of hydrogen-bond acceptors (Lipinski definition) is 3. The van der Waals surface area contributed by atoms with Crippen molar-refractivity contribution in [2.45, 2.75) is 0 Å². The average Bonchev–Trinajstić information content (AvgIpc) is 3.12. The van der Waals surface area contributed by atoms with E-state index < -0.39 is 0 Å². The van der Waals surface area contributed by atoms with Gasteiger partial charge in [-0.15, -0.1) is 0 Å². The largest absolute Gasteiger partial charge is 0.315 e. The smallest absolute Gasteiger partial charge is 0.108 e. The molecule has 0 bridgehead atoms. The number of benzene rings is 2. The summed E-state index contributed by atoms with van der Waals surface area (Å²) >= 11 is 0. The predicted octanol–water partition coefficient (Wildman–Crippen LogP) is 5.11. The van der Waals surface area contributed by atoms with Gasteiger partial charge in [-0.25, -0.2) is 4.98 Å². The van der Waals surface area contributed by atoms with E-state index in [1.54, 1.807) is 0 Å². The predicted molar refractivity (Wildman–Crippen MR) is 113 cm³/mol. The zero-order valence-electron chi connectivity index (χ0n) is 14.9. The Morgan fingerprint density at radius 2 is 1.67 bits per heavy atom. The zero-order chi connectivity index (χ0) is 18.2. The van der Waals surface area contributed by atoms with Crippen molar-refractivity contribution in [3.8, 4) is 0 Å². The maximum absolute atomic E-state index is 4.89. The van der Waals surface area contributed by atoms with E-state index in [1.807, 2.05) is 60.7 Å². The van der Waals surface area contributed by atoms with Crippen LogP contribution in [0.4, 0.5) is 5.69 Å². The summed E-state index contributed by atoms with van der Waals surface area (Å²) in [6.45, 7) is 0. The molecule has 0 aliphatic carbocycles. The van der Waals surface area contributed by atoms with Gasteiger partial charge in [0.2, 0.25) is 0 Å². The van der Waals surface area contributed by atoms with E-state index in [1.165, 1.54) is 5.39 Å². The third-order valence-corrected chi connectivity index (χ3v) is 4.84. The van der Waals surface area contributed by atoms with Gasteiger partial charge in [0.25, 0.3) is 0 Å². The molecule has 0 unspecified atom stereocenters. The van der Waals surface area contributed by atoms with Crippen molar-refractivity contribution in [3.63, 3.8) is 0 Å². The highest BCUT2D eigenvalue weighted by atomic mass is 15.4. The molecule has 5 rings (SSSR count). The molecule has 5 aromatic rings. The molecule has 130 valence electrons. The molecule has 0 atom stereocenters. The number of nitrogens with zero attached hydrogens (tertiary/aromatic N) is 4. The van der Waals surface area contributed by atoms with Gasteiger partial charge in [-0.1, -0.05) is 42.5 Å². The Bertz CT molecular complexity index is 1290. The summed E-state index contributed by atoms with van der Waals surface area (Å²) in [5, 5.41) is 8.85. The molecule has 0 radical (unpaired) electrons. The summed E-state index contributed by atoms with van der Waals surface area (Å²) in [6, 6.07) is 26.8. The first-order chi connectivity index (χ1) is 13.3. The van der Waals surface area contributed by atoms with Gasteiger partial charge in [-0.2, -0.15) is 5.10 Å². The van der Waals surface area contributed by atoms with Crippen molar-refractivity contribution in [3.05, 3.63) is 90.8 Å². The number of para-hydroxylation sites is 2. The Labute approximate surface area is 157 Å². The van der Waals surface area contributed by atoms with Crippen LogP contribution >= 0.6 is 0 Å². The highest BCUT2D eigenvalue weighted by molar-refractivity contribution is 6.12. The number of aromatic nitrogens is 2. The molecule has 4 heteroatoms. The van der Waals surface area contributed by atoms with Crippen molar-refractivity contribution in [2.24, 2.45) is 5.10 Å². The lowest BCUT2D eigenvalue weighted by atomic mass is 10.1. The van der Waals surface area contributed by atoms with Crippen molar-refractivity contribution in [1.29, 1.82) is 0 Å². The van der Waals surface area contributed by atoms with Crippen LogP contribution in [0.1, 0.15) is 5.69 Å². The summed E-state index contributed by atoms with van der Waals surface area (Å²) in [7, 11) is 1.94. The number of hydrogen-bond donors (Lipinski definition) is 0. The monoisotopic (exact) mass is 350 g/mol. The SMILES string of the molecule is CN(/N=C/c1nc2ccccc2c2cc3ccccn3c12)c1ccccc1. The van der Waals surface area contributed by atoms with Crippen LogP contribution in [0.2, 0.25) is 0 Å². The topological polar surface area (TPSA) is 32.9 Å². The number of rotatable bonds is 3. The van der Waals surface area contributed by atoms with Gasteiger partial charge in [-0.3, -0.25) is 5.01 Å². The summed E-state index contributed by atoms with van der Waals surface area (Å²) in [6.07, 6.45) is 3.92. The fourth-order valence-corrected chi connectivity index (χ4v) is 3.51. The standard InChI is InChI=1S/C23H18N4/c1-26(17-9-3-2-4-10-17)24-16-22-23-20(15-18-11-7-8-14-27(18)23)19-12-5-6-13-21(19)25-22/h2-16H,1H3/b24-16+. The Morgan fingerprint density at radius 1 is 0.889 bits per heavy atom. The molecule has 3 heterocycles. The fraction of sp³-hybridized carbons (Fsp3) is 0.0435. The molecular formula is C23H18N4. The molecule has 3 aromatic heterocycles. The molecule has 0 fully saturated rings. The summed E-state index contributed by atoms with van der Waals surface area (Å²) in [4.78, 5) is 4.89. The molecule has 0 amide bonds. The second-order valence-electron chi connectivity index (χ2n) is 6.52. The van der Waals surface area contributed by atoms with Gasteiger partial charge in [-0.05, 0) is 36.4 Å². The van der Waals surface area contributed by atoms with E-state index in [0.29, 0.717) is 0 Å². The fourth-order valence-electron chi connectivity index (χ4n) is 3.51. The Hall–Kier alpha value is -3.66. The quantitative estimate of drug-likeness (QED) is 0.334. The van der Waals surface area contributed by atoms with Gasteiger partial charge >= 0.3 is 0 Å². The maximum Gasteiger partial charge on any atom is 0.108 e. The van der Waals surface area contributed by atoms with Crippen LogP contribution in [0.5, 0.6) is 0 Å². The normalized spacial score (nSPS) is 11.7. The highest BCUT2D eigenvalue weighted by Crippen LogP contribution is 2.29. The van der Waals surface area contributed by atoms with Crippen molar-refractivity contribution < 1.29 is 0 Å². The van der Waals surface area contributed by atoms with E-state index in [4.69, 9.17) is 4.98 Å². The molecule has 4 nitrogen and oxygen atoms in total. The van der Waals surface area contributed by atoms with E-state index in [2.05, 4.69) is 52.1 Å². The second kappa shape index (κ2) is 6.25. The number of anilines is 1. The first-order valence-electron chi connectivity index (χ1n) is 8.92. The molecule has 0 aliphatic heterocycles. The minimum atomic E-state index is 0.859. The molecule has 27 heavy (non-hydrogen) atoms. The van der Waals surface area contributed by atoms with Crippen LogP contribution in [0.3, 0.4) is 0 Å². The second-order valence-corrected chi connectivity index (χ2v) is 6.52. The lowest BCUT2D eigenvalue weighted by Gasteiger charge is -2.12. The van der Waals surface area contributed by atoms with Gasteiger partial charge in [0, 0.05) is 29.5 Å². The molecule has 2 aromatic carbocycles. The van der Waals surface area contributed by atoms with Crippen molar-refractivity contribution in [1.82, 2.24) is 9.38 Å². The molecule has 0 saturated heterocycles. The third-order valence-electron chi connectivity index (χ3n) is 4.84. The summed E-state index contributed by atoms with van der Waals surface area (Å²) in [5.41, 5.74) is 5.10.